The Morgan fingerprint density at radius 3 is 2.74 bits per heavy atom. The fourth-order valence-electron chi connectivity index (χ4n) is 2.44. The van der Waals surface area contributed by atoms with Gasteiger partial charge < -0.3 is 4.90 Å². The first-order chi connectivity index (χ1) is 8.95. The van der Waals surface area contributed by atoms with Gasteiger partial charge in [-0.1, -0.05) is 30.2 Å². The summed E-state index contributed by atoms with van der Waals surface area (Å²) in [6.45, 7) is -0.336. The normalized spacial score (nSPS) is 17.7. The van der Waals surface area contributed by atoms with E-state index < -0.39 is 18.1 Å². The van der Waals surface area contributed by atoms with Gasteiger partial charge in [0.15, 0.2) is 0 Å². The molecule has 0 saturated heterocycles. The van der Waals surface area contributed by atoms with Gasteiger partial charge in [0, 0.05) is 0 Å². The lowest BCUT2D eigenvalue weighted by Gasteiger charge is -2.28. The molecule has 0 heterocycles. The molecule has 1 aromatic carbocycles. The van der Waals surface area contributed by atoms with E-state index in [0.717, 1.165) is 16.0 Å². The third kappa shape index (κ3) is 2.58. The van der Waals surface area contributed by atoms with E-state index in [-0.39, 0.29) is 6.54 Å². The van der Waals surface area contributed by atoms with Crippen molar-refractivity contribution in [1.29, 1.82) is 0 Å². The average Bonchev–Trinajstić information content (AvgIpc) is 2.78. The Labute approximate surface area is 109 Å². The molecule has 19 heavy (non-hydrogen) atoms. The molecule has 1 atom stereocenters. The first kappa shape index (κ1) is 13.5. The fourth-order valence-corrected chi connectivity index (χ4v) is 2.44. The average molecular weight is 267 g/mol. The second kappa shape index (κ2) is 4.96. The van der Waals surface area contributed by atoms with Gasteiger partial charge in [-0.2, -0.15) is 13.2 Å². The largest absolute Gasteiger partial charge is 0.471 e. The van der Waals surface area contributed by atoms with Crippen molar-refractivity contribution in [3.8, 4) is 12.3 Å². The highest BCUT2D eigenvalue weighted by Gasteiger charge is 2.45. The summed E-state index contributed by atoms with van der Waals surface area (Å²) < 4.78 is 37.8. The Balaban J connectivity index is 2.32. The number of benzene rings is 1. The molecular formula is C14H12F3NO. The highest BCUT2D eigenvalue weighted by Crippen LogP contribution is 2.37. The molecule has 0 spiro atoms. The first-order valence-electron chi connectivity index (χ1n) is 5.84. The van der Waals surface area contributed by atoms with Crippen molar-refractivity contribution >= 4 is 5.91 Å². The zero-order chi connectivity index (χ0) is 14.0. The predicted octanol–water partition coefficient (Wildman–Crippen LogP) is 2.70. The lowest BCUT2D eigenvalue weighted by Crippen LogP contribution is -2.43. The molecule has 0 fully saturated rings. The minimum absolute atomic E-state index is 0.336. The number of halogens is 3. The summed E-state index contributed by atoms with van der Waals surface area (Å²) in [5.41, 5.74) is 1.74. The van der Waals surface area contributed by atoms with E-state index in [1.807, 2.05) is 12.1 Å². The van der Waals surface area contributed by atoms with Gasteiger partial charge in [-0.3, -0.25) is 4.79 Å². The maximum atomic E-state index is 12.6. The Morgan fingerprint density at radius 2 is 2.11 bits per heavy atom. The zero-order valence-corrected chi connectivity index (χ0v) is 10.1. The molecule has 0 aliphatic heterocycles. The van der Waals surface area contributed by atoms with Crippen molar-refractivity contribution < 1.29 is 18.0 Å². The molecule has 0 radical (unpaired) electrons. The molecule has 1 amide bonds. The maximum Gasteiger partial charge on any atom is 0.471 e. The van der Waals surface area contributed by atoms with Crippen molar-refractivity contribution in [2.45, 2.75) is 25.1 Å². The van der Waals surface area contributed by atoms with Crippen molar-refractivity contribution in [2.75, 3.05) is 6.54 Å². The number of fused-ring (bicyclic) bond motifs is 1. The molecule has 0 aromatic heterocycles. The lowest BCUT2D eigenvalue weighted by molar-refractivity contribution is -0.187. The third-order valence-corrected chi connectivity index (χ3v) is 3.24. The number of terminal acetylenes is 1. The van der Waals surface area contributed by atoms with E-state index in [0.29, 0.717) is 12.8 Å². The Kier molecular flexibility index (Phi) is 3.52. The van der Waals surface area contributed by atoms with Gasteiger partial charge in [0.25, 0.3) is 0 Å². The van der Waals surface area contributed by atoms with Gasteiger partial charge >= 0.3 is 12.1 Å². The van der Waals surface area contributed by atoms with E-state index in [9.17, 15) is 18.0 Å². The summed E-state index contributed by atoms with van der Waals surface area (Å²) in [6.07, 6.45) is 1.33. The van der Waals surface area contributed by atoms with Crippen LogP contribution in [-0.4, -0.2) is 23.5 Å². The van der Waals surface area contributed by atoms with Crippen LogP contribution in [0.5, 0.6) is 0 Å². The Morgan fingerprint density at radius 1 is 1.42 bits per heavy atom. The second-order valence-electron chi connectivity index (χ2n) is 4.39. The van der Waals surface area contributed by atoms with Crippen LogP contribution < -0.4 is 0 Å². The SMILES string of the molecule is C#CCN(C(=O)C(F)(F)F)[C@@H]1CCc2ccccc21. The highest BCUT2D eigenvalue weighted by molar-refractivity contribution is 5.82. The molecule has 0 saturated carbocycles. The topological polar surface area (TPSA) is 20.3 Å². The molecule has 1 aliphatic rings. The van der Waals surface area contributed by atoms with Crippen LogP contribution in [0, 0.1) is 12.3 Å². The quantitative estimate of drug-likeness (QED) is 0.754. The van der Waals surface area contributed by atoms with Crippen LogP contribution in [0.25, 0.3) is 0 Å². The predicted molar refractivity (Wildman–Crippen MR) is 64.1 cm³/mol. The molecule has 2 rings (SSSR count). The van der Waals surface area contributed by atoms with Gasteiger partial charge in [-0.25, -0.2) is 0 Å². The number of nitrogens with zero attached hydrogens (tertiary/aromatic N) is 1. The molecule has 0 N–H and O–H groups in total. The number of alkyl halides is 3. The van der Waals surface area contributed by atoms with Crippen molar-refractivity contribution in [2.24, 2.45) is 0 Å². The summed E-state index contributed by atoms with van der Waals surface area (Å²) >= 11 is 0. The van der Waals surface area contributed by atoms with Crippen LogP contribution in [0.3, 0.4) is 0 Å². The van der Waals surface area contributed by atoms with Crippen molar-refractivity contribution in [3.05, 3.63) is 35.4 Å². The molecule has 0 unspecified atom stereocenters. The van der Waals surface area contributed by atoms with E-state index >= 15 is 0 Å². The van der Waals surface area contributed by atoms with E-state index in [1.165, 1.54) is 0 Å². The molecule has 5 heteroatoms. The van der Waals surface area contributed by atoms with E-state index in [1.54, 1.807) is 12.1 Å². The minimum atomic E-state index is -4.89. The molecular weight excluding hydrogens is 255 g/mol. The molecule has 100 valence electrons. The van der Waals surface area contributed by atoms with Gasteiger partial charge in [-0.05, 0) is 24.0 Å². The van der Waals surface area contributed by atoms with E-state index in [2.05, 4.69) is 5.92 Å². The van der Waals surface area contributed by atoms with Crippen molar-refractivity contribution in [1.82, 2.24) is 4.90 Å². The fraction of sp³-hybridized carbons (Fsp3) is 0.357. The maximum absolute atomic E-state index is 12.6. The summed E-state index contributed by atoms with van der Waals surface area (Å²) in [4.78, 5) is 12.2. The number of carbonyl (C=O) groups is 1. The molecule has 2 nitrogen and oxygen atoms in total. The summed E-state index contributed by atoms with van der Waals surface area (Å²) in [7, 11) is 0. The molecule has 1 aliphatic carbocycles. The number of rotatable bonds is 2. The number of carbonyl (C=O) groups excluding carboxylic acids is 1. The first-order valence-corrected chi connectivity index (χ1v) is 5.84. The minimum Gasteiger partial charge on any atom is -0.317 e. The number of hydrogen-bond donors (Lipinski definition) is 0. The number of hydrogen-bond acceptors (Lipinski definition) is 1. The smallest absolute Gasteiger partial charge is 0.317 e. The monoisotopic (exact) mass is 267 g/mol. The van der Waals surface area contributed by atoms with Crippen LogP contribution in [0.15, 0.2) is 24.3 Å². The zero-order valence-electron chi connectivity index (χ0n) is 10.1. The summed E-state index contributed by atoms with van der Waals surface area (Å²) in [5.74, 6) is 0.265. The van der Waals surface area contributed by atoms with Crippen LogP contribution >= 0.6 is 0 Å². The van der Waals surface area contributed by atoms with Crippen LogP contribution in [0.4, 0.5) is 13.2 Å². The third-order valence-electron chi connectivity index (χ3n) is 3.24. The molecule has 1 aromatic rings. The van der Waals surface area contributed by atoms with Gasteiger partial charge in [0.1, 0.15) is 0 Å². The van der Waals surface area contributed by atoms with E-state index in [4.69, 9.17) is 6.42 Å². The molecule has 0 bridgehead atoms. The number of aryl methyl sites for hydroxylation is 1. The van der Waals surface area contributed by atoms with Crippen LogP contribution in [0.2, 0.25) is 0 Å². The number of amides is 1. The second-order valence-corrected chi connectivity index (χ2v) is 4.39. The van der Waals surface area contributed by atoms with Crippen LogP contribution in [-0.2, 0) is 11.2 Å². The highest BCUT2D eigenvalue weighted by atomic mass is 19.4. The van der Waals surface area contributed by atoms with Gasteiger partial charge in [-0.15, -0.1) is 6.42 Å². The lowest BCUT2D eigenvalue weighted by atomic mass is 10.1. The van der Waals surface area contributed by atoms with Gasteiger partial charge in [0.05, 0.1) is 12.6 Å². The van der Waals surface area contributed by atoms with Crippen LogP contribution in [0.1, 0.15) is 23.6 Å². The Bertz CT molecular complexity index is 530. The van der Waals surface area contributed by atoms with Gasteiger partial charge in [0.2, 0.25) is 0 Å². The Hall–Kier alpha value is -1.96. The van der Waals surface area contributed by atoms with Crippen molar-refractivity contribution in [3.63, 3.8) is 0 Å². The standard InChI is InChI=1S/C14H12F3NO/c1-2-9-18(13(19)14(15,16)17)12-8-7-10-5-3-4-6-11(10)12/h1,3-6,12H,7-9H2/t12-/m1/s1. The summed E-state index contributed by atoms with van der Waals surface area (Å²) in [5, 5.41) is 0. The summed E-state index contributed by atoms with van der Waals surface area (Å²) in [6, 6.07) is 6.62.